The smallest absolute Gasteiger partial charge is 0.262 e. The van der Waals surface area contributed by atoms with Gasteiger partial charge in [0, 0.05) is 5.69 Å². The summed E-state index contributed by atoms with van der Waals surface area (Å²) in [6.07, 6.45) is 0. The summed E-state index contributed by atoms with van der Waals surface area (Å²) in [4.78, 5) is 39.3. The third-order valence-corrected chi connectivity index (χ3v) is 4.29. The monoisotopic (exact) mass is 336 g/mol. The lowest BCUT2D eigenvalue weighted by atomic mass is 10.0. The van der Waals surface area contributed by atoms with Gasteiger partial charge in [0.05, 0.1) is 11.1 Å². The maximum absolute atomic E-state index is 12.8. The van der Waals surface area contributed by atoms with E-state index in [0.717, 1.165) is 10.5 Å². The zero-order valence-corrected chi connectivity index (χ0v) is 14.4. The Morgan fingerprint density at radius 3 is 2.08 bits per heavy atom. The Kier molecular flexibility index (Phi) is 4.40. The van der Waals surface area contributed by atoms with E-state index in [1.165, 1.54) is 0 Å². The van der Waals surface area contributed by atoms with Gasteiger partial charge in [0.2, 0.25) is 5.91 Å². The maximum Gasteiger partial charge on any atom is 0.262 e. The number of nitrogens with one attached hydrogen (secondary N) is 1. The van der Waals surface area contributed by atoms with E-state index in [4.69, 9.17) is 0 Å². The molecule has 2 aromatic rings. The van der Waals surface area contributed by atoms with Crippen LogP contribution in [0.1, 0.15) is 40.1 Å². The zero-order valence-electron chi connectivity index (χ0n) is 14.4. The largest absolute Gasteiger partial charge is 0.324 e. The second-order valence-corrected chi connectivity index (χ2v) is 6.57. The van der Waals surface area contributed by atoms with Gasteiger partial charge >= 0.3 is 0 Å². The first-order chi connectivity index (χ1) is 11.9. The number of amides is 3. The molecule has 1 atom stereocenters. The van der Waals surface area contributed by atoms with Crippen molar-refractivity contribution in [2.45, 2.75) is 26.8 Å². The summed E-state index contributed by atoms with van der Waals surface area (Å²) in [5.41, 5.74) is 2.36. The number of nitrogens with zero attached hydrogens (tertiary/aromatic N) is 1. The average molecular weight is 336 g/mol. The van der Waals surface area contributed by atoms with E-state index >= 15 is 0 Å². The number of rotatable bonds is 4. The molecule has 3 rings (SSSR count). The van der Waals surface area contributed by atoms with Gasteiger partial charge in [-0.2, -0.15) is 0 Å². The Morgan fingerprint density at radius 1 is 0.960 bits per heavy atom. The molecule has 0 fully saturated rings. The van der Waals surface area contributed by atoms with Crippen molar-refractivity contribution in [3.8, 4) is 0 Å². The molecule has 25 heavy (non-hydrogen) atoms. The van der Waals surface area contributed by atoms with E-state index in [0.29, 0.717) is 16.8 Å². The standard InChI is InChI=1S/C20H20N2O3/c1-12(2)17(18(23)21-14-8-6-7-13(3)11-14)22-19(24)15-9-4-5-10-16(15)20(22)25/h4-12,17H,1-3H3,(H,21,23)/t17-/m1/s1. The molecule has 0 saturated carbocycles. The fourth-order valence-corrected chi connectivity index (χ4v) is 3.12. The third kappa shape index (κ3) is 3.05. The highest BCUT2D eigenvalue weighted by Crippen LogP contribution is 2.27. The van der Waals surface area contributed by atoms with Gasteiger partial charge in [-0.3, -0.25) is 19.3 Å². The van der Waals surface area contributed by atoms with E-state index in [2.05, 4.69) is 5.32 Å². The van der Waals surface area contributed by atoms with Crippen LogP contribution in [-0.4, -0.2) is 28.7 Å². The summed E-state index contributed by atoms with van der Waals surface area (Å²) in [5.74, 6) is -1.42. The molecule has 1 aliphatic heterocycles. The van der Waals surface area contributed by atoms with Gasteiger partial charge < -0.3 is 5.32 Å². The first kappa shape index (κ1) is 16.9. The number of benzene rings is 2. The van der Waals surface area contributed by atoms with Gasteiger partial charge in [0.1, 0.15) is 6.04 Å². The molecule has 0 aromatic heterocycles. The third-order valence-electron chi connectivity index (χ3n) is 4.29. The Labute approximate surface area is 146 Å². The molecule has 0 spiro atoms. The molecule has 5 nitrogen and oxygen atoms in total. The summed E-state index contributed by atoms with van der Waals surface area (Å²) in [6.45, 7) is 5.58. The van der Waals surface area contributed by atoms with Crippen molar-refractivity contribution in [1.82, 2.24) is 4.90 Å². The Morgan fingerprint density at radius 2 is 1.56 bits per heavy atom. The maximum atomic E-state index is 12.8. The van der Waals surface area contributed by atoms with E-state index in [9.17, 15) is 14.4 Å². The summed E-state index contributed by atoms with van der Waals surface area (Å²) in [7, 11) is 0. The van der Waals surface area contributed by atoms with Crippen molar-refractivity contribution >= 4 is 23.4 Å². The van der Waals surface area contributed by atoms with Crippen LogP contribution in [0.3, 0.4) is 0 Å². The van der Waals surface area contributed by atoms with Crippen LogP contribution in [0, 0.1) is 12.8 Å². The molecule has 0 unspecified atom stereocenters. The molecule has 5 heteroatoms. The molecule has 0 aliphatic carbocycles. The molecule has 0 bridgehead atoms. The van der Waals surface area contributed by atoms with E-state index < -0.39 is 17.9 Å². The van der Waals surface area contributed by atoms with Crippen LogP contribution in [-0.2, 0) is 4.79 Å². The van der Waals surface area contributed by atoms with Gasteiger partial charge in [-0.05, 0) is 42.7 Å². The van der Waals surface area contributed by atoms with Gasteiger partial charge in [0.15, 0.2) is 0 Å². The summed E-state index contributed by atoms with van der Waals surface area (Å²) in [5, 5.41) is 2.82. The highest BCUT2D eigenvalue weighted by atomic mass is 16.2. The quantitative estimate of drug-likeness (QED) is 0.872. The minimum atomic E-state index is -0.868. The van der Waals surface area contributed by atoms with Crippen LogP contribution >= 0.6 is 0 Å². The second-order valence-electron chi connectivity index (χ2n) is 6.57. The normalized spacial score (nSPS) is 14.6. The van der Waals surface area contributed by atoms with Crippen molar-refractivity contribution < 1.29 is 14.4 Å². The Balaban J connectivity index is 1.91. The van der Waals surface area contributed by atoms with Gasteiger partial charge in [0.25, 0.3) is 11.8 Å². The van der Waals surface area contributed by atoms with Crippen LogP contribution < -0.4 is 5.32 Å². The van der Waals surface area contributed by atoms with E-state index in [1.54, 1.807) is 30.3 Å². The van der Waals surface area contributed by atoms with Gasteiger partial charge in [-0.15, -0.1) is 0 Å². The van der Waals surface area contributed by atoms with Gasteiger partial charge in [-0.1, -0.05) is 38.1 Å². The first-order valence-electron chi connectivity index (χ1n) is 8.24. The Hall–Kier alpha value is -2.95. The Bertz CT molecular complexity index is 823. The fourth-order valence-electron chi connectivity index (χ4n) is 3.12. The van der Waals surface area contributed by atoms with Crippen LogP contribution in [0.4, 0.5) is 5.69 Å². The number of carbonyl (C=O) groups is 3. The minimum absolute atomic E-state index is 0.216. The molecule has 1 N–H and O–H groups in total. The fraction of sp³-hybridized carbons (Fsp3) is 0.250. The number of anilines is 1. The second kappa shape index (κ2) is 6.51. The number of carbonyl (C=O) groups excluding carboxylic acids is 3. The topological polar surface area (TPSA) is 66.5 Å². The number of imide groups is 1. The molecule has 3 amide bonds. The van der Waals surface area contributed by atoms with Crippen molar-refractivity contribution in [3.63, 3.8) is 0 Å². The summed E-state index contributed by atoms with van der Waals surface area (Å²) >= 11 is 0. The lowest BCUT2D eigenvalue weighted by molar-refractivity contribution is -0.121. The van der Waals surface area contributed by atoms with Crippen LogP contribution in [0.15, 0.2) is 48.5 Å². The predicted molar refractivity (Wildman–Crippen MR) is 95.4 cm³/mol. The highest BCUT2D eigenvalue weighted by Gasteiger charge is 2.43. The van der Waals surface area contributed by atoms with Crippen LogP contribution in [0.2, 0.25) is 0 Å². The van der Waals surface area contributed by atoms with Crippen LogP contribution in [0.25, 0.3) is 0 Å². The van der Waals surface area contributed by atoms with Crippen molar-refractivity contribution in [2.75, 3.05) is 5.32 Å². The number of fused-ring (bicyclic) bond motifs is 1. The summed E-state index contributed by atoms with van der Waals surface area (Å²) < 4.78 is 0. The SMILES string of the molecule is Cc1cccc(NC(=O)[C@@H](C(C)C)N2C(=O)c3ccccc3C2=O)c1. The lowest BCUT2D eigenvalue weighted by Gasteiger charge is -2.28. The molecule has 1 aliphatic rings. The molecular weight excluding hydrogens is 316 g/mol. The predicted octanol–water partition coefficient (Wildman–Crippen LogP) is 3.25. The lowest BCUT2D eigenvalue weighted by Crippen LogP contribution is -2.50. The average Bonchev–Trinajstić information content (AvgIpc) is 2.80. The van der Waals surface area contributed by atoms with E-state index in [1.807, 2.05) is 39.0 Å². The number of aryl methyl sites for hydroxylation is 1. The van der Waals surface area contributed by atoms with Crippen molar-refractivity contribution in [2.24, 2.45) is 5.92 Å². The minimum Gasteiger partial charge on any atom is -0.324 e. The molecule has 0 saturated heterocycles. The van der Waals surface area contributed by atoms with Gasteiger partial charge in [-0.25, -0.2) is 0 Å². The van der Waals surface area contributed by atoms with Crippen molar-refractivity contribution in [3.05, 3.63) is 65.2 Å². The highest BCUT2D eigenvalue weighted by molar-refractivity contribution is 6.23. The molecule has 0 radical (unpaired) electrons. The van der Waals surface area contributed by atoms with Crippen LogP contribution in [0.5, 0.6) is 0 Å². The molecule has 128 valence electrons. The van der Waals surface area contributed by atoms with E-state index in [-0.39, 0.29) is 11.8 Å². The molecule has 2 aromatic carbocycles. The molecule has 1 heterocycles. The zero-order chi connectivity index (χ0) is 18.1. The summed E-state index contributed by atoms with van der Waals surface area (Å²) in [6, 6.07) is 13.2. The number of hydrogen-bond acceptors (Lipinski definition) is 3. The number of hydrogen-bond donors (Lipinski definition) is 1. The molecular formula is C20H20N2O3. The first-order valence-corrected chi connectivity index (χ1v) is 8.24. The van der Waals surface area contributed by atoms with Crippen molar-refractivity contribution in [1.29, 1.82) is 0 Å².